The van der Waals surface area contributed by atoms with E-state index in [0.717, 1.165) is 23.2 Å². The summed E-state index contributed by atoms with van der Waals surface area (Å²) < 4.78 is 0. The molecule has 1 amide bonds. The third-order valence-electron chi connectivity index (χ3n) is 3.74. The lowest BCUT2D eigenvalue weighted by atomic mass is 9.90. The van der Waals surface area contributed by atoms with Gasteiger partial charge in [-0.25, -0.2) is 0 Å². The van der Waals surface area contributed by atoms with Crippen LogP contribution in [0, 0.1) is 31.1 Å². The highest BCUT2D eigenvalue weighted by molar-refractivity contribution is 6.09. The Labute approximate surface area is 119 Å². The molecule has 1 aromatic rings. The maximum Gasteiger partial charge on any atom is 0.237 e. The fourth-order valence-corrected chi connectivity index (χ4v) is 2.62. The van der Waals surface area contributed by atoms with Gasteiger partial charge in [-0.3, -0.25) is 9.59 Å². The Morgan fingerprint density at radius 1 is 1.45 bits per heavy atom. The maximum absolute atomic E-state index is 12.5. The highest BCUT2D eigenvalue weighted by atomic mass is 16.2. The van der Waals surface area contributed by atoms with Crippen molar-refractivity contribution in [2.75, 3.05) is 11.4 Å². The molecular formula is C16H18N2O2. The molecule has 104 valence electrons. The largest absolute Gasteiger partial charge is 0.312 e. The predicted octanol–water partition coefficient (Wildman–Crippen LogP) is 2.53. The highest BCUT2D eigenvalue weighted by Crippen LogP contribution is 2.28. The van der Waals surface area contributed by atoms with Crippen LogP contribution in [-0.2, 0) is 9.59 Å². The molecule has 0 N–H and O–H groups in total. The van der Waals surface area contributed by atoms with Crippen LogP contribution in [0.3, 0.4) is 0 Å². The number of hydrogen-bond acceptors (Lipinski definition) is 3. The van der Waals surface area contributed by atoms with Gasteiger partial charge in [0.1, 0.15) is 0 Å². The summed E-state index contributed by atoms with van der Waals surface area (Å²) in [5, 5.41) is 8.62. The van der Waals surface area contributed by atoms with Crippen LogP contribution in [-0.4, -0.2) is 18.2 Å². The van der Waals surface area contributed by atoms with E-state index in [9.17, 15) is 9.59 Å². The topological polar surface area (TPSA) is 61.2 Å². The van der Waals surface area contributed by atoms with Crippen LogP contribution in [0.1, 0.15) is 30.4 Å². The van der Waals surface area contributed by atoms with E-state index >= 15 is 0 Å². The molecule has 4 heteroatoms. The molecule has 0 unspecified atom stereocenters. The standard InChI is InChI=1S/C16H18N2O2/c1-11-5-6-12(2)14(10-11)18-9-3-4-13(16(18)20)15(19)7-8-17/h5-6,10,13H,3-4,7,9H2,1-2H3/t13-/m1/s1. The average molecular weight is 270 g/mol. The van der Waals surface area contributed by atoms with Crippen molar-refractivity contribution in [2.45, 2.75) is 33.1 Å². The van der Waals surface area contributed by atoms with Crippen molar-refractivity contribution < 1.29 is 9.59 Å². The van der Waals surface area contributed by atoms with Gasteiger partial charge in [0, 0.05) is 12.2 Å². The van der Waals surface area contributed by atoms with Gasteiger partial charge < -0.3 is 4.90 Å². The van der Waals surface area contributed by atoms with Crippen molar-refractivity contribution >= 4 is 17.4 Å². The van der Waals surface area contributed by atoms with Crippen molar-refractivity contribution in [2.24, 2.45) is 5.92 Å². The van der Waals surface area contributed by atoms with Gasteiger partial charge in [0.25, 0.3) is 0 Å². The fraction of sp³-hybridized carbons (Fsp3) is 0.438. The van der Waals surface area contributed by atoms with E-state index in [1.807, 2.05) is 38.1 Å². The third kappa shape index (κ3) is 2.72. The van der Waals surface area contributed by atoms with E-state index < -0.39 is 5.92 Å². The molecule has 1 fully saturated rings. The first-order valence-corrected chi connectivity index (χ1v) is 6.83. The van der Waals surface area contributed by atoms with Crippen LogP contribution < -0.4 is 4.90 Å². The van der Waals surface area contributed by atoms with Gasteiger partial charge in [-0.05, 0) is 43.9 Å². The zero-order valence-corrected chi connectivity index (χ0v) is 11.8. The normalized spacial score (nSPS) is 18.8. The molecule has 0 aliphatic carbocycles. The molecule has 0 radical (unpaired) electrons. The number of ketones is 1. The number of nitriles is 1. The number of piperidine rings is 1. The Morgan fingerprint density at radius 2 is 2.20 bits per heavy atom. The van der Waals surface area contributed by atoms with Gasteiger partial charge in [-0.2, -0.15) is 5.26 Å². The summed E-state index contributed by atoms with van der Waals surface area (Å²) in [7, 11) is 0. The number of anilines is 1. The second-order valence-corrected chi connectivity index (χ2v) is 5.28. The molecule has 0 spiro atoms. The number of rotatable bonds is 3. The van der Waals surface area contributed by atoms with Crippen LogP contribution >= 0.6 is 0 Å². The molecule has 20 heavy (non-hydrogen) atoms. The van der Waals surface area contributed by atoms with Gasteiger partial charge in [0.15, 0.2) is 5.78 Å². The van der Waals surface area contributed by atoms with E-state index in [-0.39, 0.29) is 18.1 Å². The lowest BCUT2D eigenvalue weighted by Gasteiger charge is -2.32. The molecule has 4 nitrogen and oxygen atoms in total. The van der Waals surface area contributed by atoms with Gasteiger partial charge in [0.2, 0.25) is 5.91 Å². The minimum Gasteiger partial charge on any atom is -0.312 e. The lowest BCUT2D eigenvalue weighted by Crippen LogP contribution is -2.44. The number of carbonyl (C=O) groups excluding carboxylic acids is 2. The Bertz CT molecular complexity index is 587. The van der Waals surface area contributed by atoms with E-state index in [1.54, 1.807) is 4.90 Å². The minimum absolute atomic E-state index is 0.162. The third-order valence-corrected chi connectivity index (χ3v) is 3.74. The smallest absolute Gasteiger partial charge is 0.237 e. The second kappa shape index (κ2) is 5.87. The van der Waals surface area contributed by atoms with Crippen LogP contribution in [0.5, 0.6) is 0 Å². The lowest BCUT2D eigenvalue weighted by molar-refractivity contribution is -0.133. The summed E-state index contributed by atoms with van der Waals surface area (Å²) in [4.78, 5) is 26.1. The Morgan fingerprint density at radius 3 is 2.90 bits per heavy atom. The number of nitrogens with zero attached hydrogens (tertiary/aromatic N) is 2. The molecule has 1 aromatic carbocycles. The van der Waals surface area contributed by atoms with Crippen molar-refractivity contribution in [1.82, 2.24) is 0 Å². The summed E-state index contributed by atoms with van der Waals surface area (Å²) >= 11 is 0. The van der Waals surface area contributed by atoms with Gasteiger partial charge in [0.05, 0.1) is 18.4 Å². The van der Waals surface area contributed by atoms with Crippen molar-refractivity contribution in [1.29, 1.82) is 5.26 Å². The molecule has 0 saturated carbocycles. The van der Waals surface area contributed by atoms with Crippen LogP contribution in [0.4, 0.5) is 5.69 Å². The summed E-state index contributed by atoms with van der Waals surface area (Å²) in [5.41, 5.74) is 2.99. The van der Waals surface area contributed by atoms with Crippen LogP contribution in [0.25, 0.3) is 0 Å². The molecular weight excluding hydrogens is 252 g/mol. The van der Waals surface area contributed by atoms with E-state index in [2.05, 4.69) is 0 Å². The summed E-state index contributed by atoms with van der Waals surface area (Å²) in [6.45, 7) is 4.58. The number of amides is 1. The first-order valence-electron chi connectivity index (χ1n) is 6.83. The van der Waals surface area contributed by atoms with Crippen LogP contribution in [0.15, 0.2) is 18.2 Å². The Hall–Kier alpha value is -2.15. The number of benzene rings is 1. The summed E-state index contributed by atoms with van der Waals surface area (Å²) in [6.07, 6.45) is 1.17. The number of carbonyl (C=O) groups is 2. The molecule has 0 bridgehead atoms. The Kier molecular flexibility index (Phi) is 4.19. The quantitative estimate of drug-likeness (QED) is 0.793. The maximum atomic E-state index is 12.5. The fourth-order valence-electron chi connectivity index (χ4n) is 2.62. The van der Waals surface area contributed by atoms with E-state index in [4.69, 9.17) is 5.26 Å². The number of aryl methyl sites for hydroxylation is 2. The van der Waals surface area contributed by atoms with Gasteiger partial charge in [-0.15, -0.1) is 0 Å². The van der Waals surface area contributed by atoms with Crippen molar-refractivity contribution in [3.8, 4) is 6.07 Å². The minimum atomic E-state index is -0.650. The predicted molar refractivity (Wildman–Crippen MR) is 76.2 cm³/mol. The zero-order valence-electron chi connectivity index (χ0n) is 11.8. The number of hydrogen-bond donors (Lipinski definition) is 0. The molecule has 2 rings (SSSR count). The zero-order chi connectivity index (χ0) is 14.7. The molecule has 1 aliphatic heterocycles. The summed E-state index contributed by atoms with van der Waals surface area (Å²) in [5.74, 6) is -1.07. The van der Waals surface area contributed by atoms with Gasteiger partial charge >= 0.3 is 0 Å². The van der Waals surface area contributed by atoms with Crippen LogP contribution in [0.2, 0.25) is 0 Å². The van der Waals surface area contributed by atoms with Crippen molar-refractivity contribution in [3.05, 3.63) is 29.3 Å². The first kappa shape index (κ1) is 14.3. The molecule has 0 aromatic heterocycles. The molecule has 1 heterocycles. The highest BCUT2D eigenvalue weighted by Gasteiger charge is 2.34. The summed E-state index contributed by atoms with van der Waals surface area (Å²) in [6, 6.07) is 7.81. The van der Waals surface area contributed by atoms with E-state index in [1.165, 1.54) is 0 Å². The molecule has 1 saturated heterocycles. The first-order chi connectivity index (χ1) is 9.54. The molecule has 1 aliphatic rings. The SMILES string of the molecule is Cc1ccc(C)c(N2CCC[C@H](C(=O)CC#N)C2=O)c1. The van der Waals surface area contributed by atoms with Crippen molar-refractivity contribution in [3.63, 3.8) is 0 Å². The van der Waals surface area contributed by atoms with Gasteiger partial charge in [-0.1, -0.05) is 12.1 Å². The second-order valence-electron chi connectivity index (χ2n) is 5.28. The number of Topliss-reactive ketones (excluding diaryl/α,β-unsaturated/α-hetero) is 1. The molecule has 1 atom stereocenters. The average Bonchev–Trinajstić information content (AvgIpc) is 2.42. The monoisotopic (exact) mass is 270 g/mol. The van der Waals surface area contributed by atoms with E-state index in [0.29, 0.717) is 13.0 Å². The Balaban J connectivity index is 2.29.